The summed E-state index contributed by atoms with van der Waals surface area (Å²) < 4.78 is 10.7. The average molecular weight is 190 g/mol. The van der Waals surface area contributed by atoms with Crippen molar-refractivity contribution >= 4 is 5.76 Å². The zero-order valence-electron chi connectivity index (χ0n) is 8.76. The molecule has 2 rings (SSSR count). The predicted molar refractivity (Wildman–Crippen MR) is 56.3 cm³/mol. The van der Waals surface area contributed by atoms with E-state index in [0.717, 1.165) is 17.9 Å². The minimum atomic E-state index is 0.933. The second-order valence-corrected chi connectivity index (χ2v) is 3.48. The largest absolute Gasteiger partial charge is 0.496 e. The molecule has 2 nitrogen and oxygen atoms in total. The Balaban J connectivity index is 2.54. The second kappa shape index (κ2) is 3.37. The molecule has 0 bridgehead atoms. The van der Waals surface area contributed by atoms with Gasteiger partial charge in [-0.15, -0.1) is 0 Å². The monoisotopic (exact) mass is 190 g/mol. The van der Waals surface area contributed by atoms with Gasteiger partial charge < -0.3 is 9.47 Å². The molecule has 0 unspecified atom stereocenters. The van der Waals surface area contributed by atoms with Gasteiger partial charge in [-0.25, -0.2) is 0 Å². The van der Waals surface area contributed by atoms with E-state index in [1.54, 1.807) is 14.2 Å². The van der Waals surface area contributed by atoms with Crippen molar-refractivity contribution in [2.75, 3.05) is 14.2 Å². The molecule has 0 N–H and O–H groups in total. The number of ether oxygens (including phenoxy) is 2. The van der Waals surface area contributed by atoms with E-state index in [9.17, 15) is 0 Å². The minimum Gasteiger partial charge on any atom is -0.496 e. The van der Waals surface area contributed by atoms with E-state index in [1.165, 1.54) is 16.7 Å². The van der Waals surface area contributed by atoms with Gasteiger partial charge in [0.25, 0.3) is 0 Å². The van der Waals surface area contributed by atoms with Crippen LogP contribution in [0.4, 0.5) is 0 Å². The van der Waals surface area contributed by atoms with Crippen molar-refractivity contribution in [3.63, 3.8) is 0 Å². The topological polar surface area (TPSA) is 18.5 Å². The van der Waals surface area contributed by atoms with Gasteiger partial charge in [-0.1, -0.05) is 12.1 Å². The van der Waals surface area contributed by atoms with Crippen LogP contribution in [0.5, 0.6) is 5.75 Å². The van der Waals surface area contributed by atoms with Crippen LogP contribution in [0.1, 0.15) is 18.1 Å². The van der Waals surface area contributed by atoms with Crippen molar-refractivity contribution in [3.8, 4) is 5.75 Å². The van der Waals surface area contributed by atoms with E-state index < -0.39 is 0 Å². The Morgan fingerprint density at radius 3 is 2.57 bits per heavy atom. The molecule has 1 aliphatic rings. The molecule has 0 radical (unpaired) electrons. The second-order valence-electron chi connectivity index (χ2n) is 3.48. The van der Waals surface area contributed by atoms with Crippen molar-refractivity contribution in [2.24, 2.45) is 0 Å². The maximum atomic E-state index is 5.37. The van der Waals surface area contributed by atoms with Gasteiger partial charge in [0, 0.05) is 17.5 Å². The maximum absolute atomic E-state index is 5.37. The molecule has 0 amide bonds. The Hall–Kier alpha value is -1.44. The molecule has 0 atom stereocenters. The predicted octanol–water partition coefficient (Wildman–Crippen LogP) is 2.63. The summed E-state index contributed by atoms with van der Waals surface area (Å²) in [4.78, 5) is 0. The average Bonchev–Trinajstić information content (AvgIpc) is 2.52. The van der Waals surface area contributed by atoms with Crippen LogP contribution in [-0.4, -0.2) is 14.2 Å². The zero-order chi connectivity index (χ0) is 10.1. The van der Waals surface area contributed by atoms with E-state index in [0.29, 0.717) is 0 Å². The summed E-state index contributed by atoms with van der Waals surface area (Å²) in [6.45, 7) is 2.10. The van der Waals surface area contributed by atoms with E-state index in [2.05, 4.69) is 13.0 Å². The van der Waals surface area contributed by atoms with Gasteiger partial charge in [-0.3, -0.25) is 0 Å². The van der Waals surface area contributed by atoms with Crippen LogP contribution in [0.15, 0.2) is 23.8 Å². The Kier molecular flexibility index (Phi) is 2.20. The molecule has 0 aromatic heterocycles. The Morgan fingerprint density at radius 1 is 1.14 bits per heavy atom. The zero-order valence-corrected chi connectivity index (χ0v) is 8.76. The number of fused-ring (bicyclic) bond motifs is 1. The minimum absolute atomic E-state index is 0.933. The fourth-order valence-electron chi connectivity index (χ4n) is 2.01. The molecule has 0 aliphatic heterocycles. The van der Waals surface area contributed by atoms with E-state index in [4.69, 9.17) is 9.47 Å². The SMILES string of the molecule is COC1=C(C)Cc2c(OC)cccc21. The van der Waals surface area contributed by atoms with Crippen LogP contribution in [0.25, 0.3) is 5.76 Å². The third-order valence-corrected chi connectivity index (χ3v) is 2.63. The van der Waals surface area contributed by atoms with Crippen LogP contribution in [0, 0.1) is 0 Å². The first kappa shape index (κ1) is 9.13. The summed E-state index contributed by atoms with van der Waals surface area (Å²) in [6.07, 6.45) is 0.933. The molecule has 2 heteroatoms. The van der Waals surface area contributed by atoms with E-state index >= 15 is 0 Å². The van der Waals surface area contributed by atoms with E-state index in [1.807, 2.05) is 12.1 Å². The highest BCUT2D eigenvalue weighted by Crippen LogP contribution is 2.37. The molecule has 0 fully saturated rings. The van der Waals surface area contributed by atoms with Crippen molar-refractivity contribution in [1.82, 2.24) is 0 Å². The van der Waals surface area contributed by atoms with Crippen molar-refractivity contribution < 1.29 is 9.47 Å². The molecular formula is C12H14O2. The Bertz CT molecular complexity index is 391. The molecule has 0 heterocycles. The van der Waals surface area contributed by atoms with Crippen LogP contribution >= 0.6 is 0 Å². The Labute approximate surface area is 84.2 Å². The molecule has 1 aromatic rings. The summed E-state index contributed by atoms with van der Waals surface area (Å²) in [6, 6.07) is 6.06. The summed E-state index contributed by atoms with van der Waals surface area (Å²) in [7, 11) is 3.42. The first-order valence-electron chi connectivity index (χ1n) is 4.68. The smallest absolute Gasteiger partial charge is 0.125 e. The first-order valence-corrected chi connectivity index (χ1v) is 4.68. The molecule has 1 aliphatic carbocycles. The van der Waals surface area contributed by atoms with Gasteiger partial charge in [0.15, 0.2) is 0 Å². The van der Waals surface area contributed by atoms with Crippen molar-refractivity contribution in [1.29, 1.82) is 0 Å². The lowest BCUT2D eigenvalue weighted by Crippen LogP contribution is -1.92. The lowest BCUT2D eigenvalue weighted by molar-refractivity contribution is 0.368. The maximum Gasteiger partial charge on any atom is 0.125 e. The van der Waals surface area contributed by atoms with Gasteiger partial charge in [0.2, 0.25) is 0 Å². The lowest BCUT2D eigenvalue weighted by Gasteiger charge is -2.07. The lowest BCUT2D eigenvalue weighted by atomic mass is 10.1. The third kappa shape index (κ3) is 1.18. The number of methoxy groups -OCH3 is 2. The van der Waals surface area contributed by atoms with E-state index in [-0.39, 0.29) is 0 Å². The number of benzene rings is 1. The molecule has 0 saturated heterocycles. The van der Waals surface area contributed by atoms with Gasteiger partial charge in [-0.2, -0.15) is 0 Å². The summed E-state index contributed by atoms with van der Waals surface area (Å²) in [5.41, 5.74) is 3.68. The standard InChI is InChI=1S/C12H14O2/c1-8-7-10-9(12(8)14-3)5-4-6-11(10)13-2/h4-6H,7H2,1-3H3. The van der Waals surface area contributed by atoms with Crippen LogP contribution in [0.3, 0.4) is 0 Å². The van der Waals surface area contributed by atoms with Crippen molar-refractivity contribution in [2.45, 2.75) is 13.3 Å². The van der Waals surface area contributed by atoms with Crippen LogP contribution < -0.4 is 4.74 Å². The highest BCUT2D eigenvalue weighted by Gasteiger charge is 2.22. The Morgan fingerprint density at radius 2 is 1.93 bits per heavy atom. The molecular weight excluding hydrogens is 176 g/mol. The van der Waals surface area contributed by atoms with Crippen molar-refractivity contribution in [3.05, 3.63) is 34.9 Å². The number of hydrogen-bond acceptors (Lipinski definition) is 2. The molecule has 1 aromatic carbocycles. The van der Waals surface area contributed by atoms with Gasteiger partial charge in [-0.05, 0) is 18.6 Å². The quantitative estimate of drug-likeness (QED) is 0.713. The number of hydrogen-bond donors (Lipinski definition) is 0. The highest BCUT2D eigenvalue weighted by molar-refractivity contribution is 5.73. The van der Waals surface area contributed by atoms with Crippen LogP contribution in [0.2, 0.25) is 0 Å². The molecule has 14 heavy (non-hydrogen) atoms. The molecule has 0 saturated carbocycles. The summed E-state index contributed by atoms with van der Waals surface area (Å²) >= 11 is 0. The normalized spacial score (nSPS) is 14.2. The van der Waals surface area contributed by atoms with Crippen LogP contribution in [-0.2, 0) is 11.2 Å². The van der Waals surface area contributed by atoms with Gasteiger partial charge in [0.1, 0.15) is 11.5 Å². The number of rotatable bonds is 2. The summed E-state index contributed by atoms with van der Waals surface area (Å²) in [5, 5.41) is 0. The first-order chi connectivity index (χ1) is 6.77. The fraction of sp³-hybridized carbons (Fsp3) is 0.333. The third-order valence-electron chi connectivity index (χ3n) is 2.63. The molecule has 0 spiro atoms. The molecule has 74 valence electrons. The van der Waals surface area contributed by atoms with Gasteiger partial charge in [0.05, 0.1) is 14.2 Å². The summed E-state index contributed by atoms with van der Waals surface area (Å²) in [5.74, 6) is 1.95. The fourth-order valence-corrected chi connectivity index (χ4v) is 2.01. The van der Waals surface area contributed by atoms with Gasteiger partial charge >= 0.3 is 0 Å². The number of allylic oxidation sites excluding steroid dienone is 1. The highest BCUT2D eigenvalue weighted by atomic mass is 16.5.